The van der Waals surface area contributed by atoms with Gasteiger partial charge in [-0.05, 0) is 17.7 Å². The van der Waals surface area contributed by atoms with E-state index in [0.717, 1.165) is 11.3 Å². The second-order valence-corrected chi connectivity index (χ2v) is 2.72. The summed E-state index contributed by atoms with van der Waals surface area (Å²) in [5.74, 6) is 0.787. The molecule has 1 aromatic rings. The second-order valence-electron chi connectivity index (χ2n) is 2.33. The molecule has 1 rings (SSSR count). The Morgan fingerprint density at radius 2 is 2.08 bits per heavy atom. The van der Waals surface area contributed by atoms with Gasteiger partial charge in [0.15, 0.2) is 5.56 Å². The normalized spacial score (nSPS) is 12.6. The largest absolute Gasteiger partial charge is 0.497 e. The maximum Gasteiger partial charge on any atom is 0.156 e. The van der Waals surface area contributed by atoms with Gasteiger partial charge in [0.2, 0.25) is 0 Å². The molecular weight excluding hydrogens is 176 g/mol. The van der Waals surface area contributed by atoms with Crippen molar-refractivity contribution in [3.63, 3.8) is 0 Å². The zero-order valence-electron chi connectivity index (χ0n) is 7.08. The van der Waals surface area contributed by atoms with Crippen molar-refractivity contribution in [2.24, 2.45) is 0 Å². The summed E-state index contributed by atoms with van der Waals surface area (Å²) in [7, 11) is 3.19. The lowest BCUT2D eigenvalue weighted by Gasteiger charge is -2.08. The predicted octanol–water partition coefficient (Wildman–Crippen LogP) is 2.58. The fourth-order valence-corrected chi connectivity index (χ4v) is 1.05. The van der Waals surface area contributed by atoms with Crippen molar-refractivity contribution >= 4 is 11.6 Å². The highest BCUT2D eigenvalue weighted by molar-refractivity contribution is 6.19. The lowest BCUT2D eigenvalue weighted by Crippen LogP contribution is -1.93. The smallest absolute Gasteiger partial charge is 0.156 e. The van der Waals surface area contributed by atoms with Crippen LogP contribution in [0, 0.1) is 0 Å². The molecule has 3 heteroatoms. The minimum atomic E-state index is -0.403. The SMILES string of the molecule is COc1cccc(C(Cl)OC)c1. The third-order valence-corrected chi connectivity index (χ3v) is 1.99. The highest BCUT2D eigenvalue weighted by Crippen LogP contribution is 2.23. The number of methoxy groups -OCH3 is 2. The Labute approximate surface area is 77.1 Å². The third kappa shape index (κ3) is 2.13. The van der Waals surface area contributed by atoms with Crippen molar-refractivity contribution in [1.29, 1.82) is 0 Å². The van der Waals surface area contributed by atoms with Gasteiger partial charge in [0.25, 0.3) is 0 Å². The second kappa shape index (κ2) is 4.33. The van der Waals surface area contributed by atoms with Crippen molar-refractivity contribution < 1.29 is 9.47 Å². The summed E-state index contributed by atoms with van der Waals surface area (Å²) < 4.78 is 9.98. The summed E-state index contributed by atoms with van der Waals surface area (Å²) in [5.41, 5.74) is 0.499. The van der Waals surface area contributed by atoms with Crippen LogP contribution >= 0.6 is 11.6 Å². The van der Waals surface area contributed by atoms with E-state index in [1.54, 1.807) is 14.2 Å². The van der Waals surface area contributed by atoms with E-state index in [9.17, 15) is 0 Å². The molecule has 0 radical (unpaired) electrons. The Kier molecular flexibility index (Phi) is 3.38. The molecule has 0 N–H and O–H groups in total. The van der Waals surface area contributed by atoms with Crippen LogP contribution in [0.2, 0.25) is 0 Å². The monoisotopic (exact) mass is 186 g/mol. The van der Waals surface area contributed by atoms with E-state index in [-0.39, 0.29) is 0 Å². The molecule has 1 atom stereocenters. The molecule has 2 nitrogen and oxygen atoms in total. The Balaban J connectivity index is 2.86. The number of halogens is 1. The van der Waals surface area contributed by atoms with Crippen molar-refractivity contribution in [3.8, 4) is 5.75 Å². The van der Waals surface area contributed by atoms with E-state index in [2.05, 4.69) is 0 Å². The average molecular weight is 187 g/mol. The molecule has 0 saturated heterocycles. The molecule has 0 aromatic heterocycles. The average Bonchev–Trinajstić information content (AvgIpc) is 2.17. The molecule has 12 heavy (non-hydrogen) atoms. The van der Waals surface area contributed by atoms with Crippen LogP contribution in [0.3, 0.4) is 0 Å². The minimum absolute atomic E-state index is 0.403. The number of benzene rings is 1. The molecule has 1 unspecified atom stereocenters. The fourth-order valence-electron chi connectivity index (χ4n) is 0.919. The molecule has 0 aliphatic carbocycles. The molecule has 0 aliphatic heterocycles. The lowest BCUT2D eigenvalue weighted by molar-refractivity contribution is 0.169. The zero-order valence-corrected chi connectivity index (χ0v) is 7.84. The first kappa shape index (κ1) is 9.36. The van der Waals surface area contributed by atoms with Gasteiger partial charge in [0, 0.05) is 7.11 Å². The molecule has 1 aromatic carbocycles. The summed E-state index contributed by atoms with van der Waals surface area (Å²) in [4.78, 5) is 0. The van der Waals surface area contributed by atoms with E-state index in [4.69, 9.17) is 21.1 Å². The Morgan fingerprint density at radius 1 is 1.33 bits per heavy atom. The number of hydrogen-bond donors (Lipinski definition) is 0. The van der Waals surface area contributed by atoms with Crippen LogP contribution in [0.5, 0.6) is 5.75 Å². The quantitative estimate of drug-likeness (QED) is 0.676. The van der Waals surface area contributed by atoms with Crippen LogP contribution in [0.4, 0.5) is 0 Å². The van der Waals surface area contributed by atoms with E-state index in [1.807, 2.05) is 24.3 Å². The van der Waals surface area contributed by atoms with Crippen molar-refractivity contribution in [3.05, 3.63) is 29.8 Å². The third-order valence-electron chi connectivity index (χ3n) is 1.56. The van der Waals surface area contributed by atoms with E-state index in [1.165, 1.54) is 0 Å². The van der Waals surface area contributed by atoms with Gasteiger partial charge in [-0.25, -0.2) is 0 Å². The van der Waals surface area contributed by atoms with Gasteiger partial charge in [0.1, 0.15) is 5.75 Å². The van der Waals surface area contributed by atoms with Gasteiger partial charge in [-0.1, -0.05) is 23.7 Å². The topological polar surface area (TPSA) is 18.5 Å². The van der Waals surface area contributed by atoms with Crippen molar-refractivity contribution in [2.75, 3.05) is 14.2 Å². The van der Waals surface area contributed by atoms with Crippen LogP contribution in [0.25, 0.3) is 0 Å². The first-order chi connectivity index (χ1) is 5.77. The van der Waals surface area contributed by atoms with E-state index < -0.39 is 5.56 Å². The Morgan fingerprint density at radius 3 is 2.67 bits per heavy atom. The molecule has 0 bridgehead atoms. The van der Waals surface area contributed by atoms with Crippen LogP contribution < -0.4 is 4.74 Å². The summed E-state index contributed by atoms with van der Waals surface area (Å²) in [6, 6.07) is 7.48. The standard InChI is InChI=1S/C9H11ClO2/c1-11-8-5-3-4-7(6-8)9(10)12-2/h3-6,9H,1-2H3. The van der Waals surface area contributed by atoms with Crippen LogP contribution in [0.1, 0.15) is 11.1 Å². The molecule has 0 amide bonds. The summed E-state index contributed by atoms with van der Waals surface area (Å²) in [6.07, 6.45) is 0. The number of rotatable bonds is 3. The maximum atomic E-state index is 5.84. The van der Waals surface area contributed by atoms with Gasteiger partial charge in [-0.3, -0.25) is 0 Å². The van der Waals surface area contributed by atoms with Crippen LogP contribution in [0.15, 0.2) is 24.3 Å². The van der Waals surface area contributed by atoms with Crippen LogP contribution in [-0.4, -0.2) is 14.2 Å². The molecule has 66 valence electrons. The molecule has 0 aliphatic rings. The minimum Gasteiger partial charge on any atom is -0.497 e. The van der Waals surface area contributed by atoms with Gasteiger partial charge in [0.05, 0.1) is 7.11 Å². The van der Waals surface area contributed by atoms with Gasteiger partial charge in [-0.2, -0.15) is 0 Å². The molecule has 0 saturated carbocycles. The first-order valence-corrected chi connectivity index (χ1v) is 4.02. The molecule has 0 spiro atoms. The fraction of sp³-hybridized carbons (Fsp3) is 0.333. The first-order valence-electron chi connectivity index (χ1n) is 3.58. The Hall–Kier alpha value is -0.730. The summed E-state index contributed by atoms with van der Waals surface area (Å²) >= 11 is 5.84. The number of alkyl halides is 1. The number of ether oxygens (including phenoxy) is 2. The van der Waals surface area contributed by atoms with Crippen molar-refractivity contribution in [1.82, 2.24) is 0 Å². The van der Waals surface area contributed by atoms with Gasteiger partial charge in [-0.15, -0.1) is 0 Å². The molecule has 0 fully saturated rings. The Bertz CT molecular complexity index is 250. The summed E-state index contributed by atoms with van der Waals surface area (Å²) in [6.45, 7) is 0. The van der Waals surface area contributed by atoms with Gasteiger partial charge < -0.3 is 9.47 Å². The molecular formula is C9H11ClO2. The predicted molar refractivity (Wildman–Crippen MR) is 48.6 cm³/mol. The highest BCUT2D eigenvalue weighted by Gasteiger charge is 2.05. The van der Waals surface area contributed by atoms with E-state index in [0.29, 0.717) is 0 Å². The highest BCUT2D eigenvalue weighted by atomic mass is 35.5. The van der Waals surface area contributed by atoms with Gasteiger partial charge >= 0.3 is 0 Å². The summed E-state index contributed by atoms with van der Waals surface area (Å²) in [5, 5.41) is 0. The molecule has 0 heterocycles. The van der Waals surface area contributed by atoms with Crippen LogP contribution in [-0.2, 0) is 4.74 Å². The maximum absolute atomic E-state index is 5.84. The van der Waals surface area contributed by atoms with Crippen molar-refractivity contribution in [2.45, 2.75) is 5.56 Å². The lowest BCUT2D eigenvalue weighted by atomic mass is 10.2. The van der Waals surface area contributed by atoms with E-state index >= 15 is 0 Å². The zero-order chi connectivity index (χ0) is 8.97. The number of hydrogen-bond acceptors (Lipinski definition) is 2.